The lowest BCUT2D eigenvalue weighted by atomic mass is 9.89. The van der Waals surface area contributed by atoms with Crippen LogP contribution >= 0.6 is 0 Å². The summed E-state index contributed by atoms with van der Waals surface area (Å²) >= 11 is 0. The number of carboxylic acids is 1. The molecule has 0 heterocycles. The van der Waals surface area contributed by atoms with Gasteiger partial charge in [-0.1, -0.05) is 56.3 Å². The maximum Gasteiger partial charge on any atom is 0.328 e. The van der Waals surface area contributed by atoms with Crippen LogP contribution in [0.25, 0.3) is 10.8 Å². The van der Waals surface area contributed by atoms with E-state index >= 15 is 0 Å². The Kier molecular flexibility index (Phi) is 6.88. The zero-order valence-electron chi connectivity index (χ0n) is 14.2. The van der Waals surface area contributed by atoms with Crippen molar-refractivity contribution in [1.82, 2.24) is 0 Å². The summed E-state index contributed by atoms with van der Waals surface area (Å²) in [5.41, 5.74) is 5.12. The van der Waals surface area contributed by atoms with E-state index in [4.69, 9.17) is 10.8 Å². The van der Waals surface area contributed by atoms with Crippen LogP contribution in [0, 0.1) is 5.92 Å². The number of hydrogen-bond acceptors (Lipinski definition) is 5. The van der Waals surface area contributed by atoms with Gasteiger partial charge in [0.25, 0.3) is 0 Å². The van der Waals surface area contributed by atoms with Gasteiger partial charge in [0, 0.05) is 0 Å². The summed E-state index contributed by atoms with van der Waals surface area (Å²) in [6, 6.07) is 13.2. The summed E-state index contributed by atoms with van der Waals surface area (Å²) in [6.07, 6.45) is 0.774. The number of hydrogen-bond donors (Lipinski definition) is 3. The summed E-state index contributed by atoms with van der Waals surface area (Å²) < 4.78 is 0. The topological polar surface area (TPSA) is 116 Å². The molecule has 0 aliphatic heterocycles. The van der Waals surface area contributed by atoms with Gasteiger partial charge in [-0.3, -0.25) is 4.79 Å². The second-order valence-electron chi connectivity index (χ2n) is 5.78. The molecule has 0 amide bonds. The SMILES string of the molecule is CCC(C)C(=O)ON.C[C@](N)(C(=O)O)c1cccc2ccccc12. The molecule has 0 saturated carbocycles. The minimum absolute atomic E-state index is 0.0694. The quantitative estimate of drug-likeness (QED) is 0.741. The molecule has 0 aromatic heterocycles. The standard InChI is InChI=1S/C13H13NO2.C5H11NO2/c1-13(14,12(15)16)11-8-4-6-9-5-2-3-7-10(9)11;1-3-4(2)5(7)8-6/h2-8H,14H2,1H3,(H,15,16);4H,3,6H2,1-2H3/t13-;/m1./s1. The highest BCUT2D eigenvalue weighted by atomic mass is 16.7. The van der Waals surface area contributed by atoms with Crippen LogP contribution in [-0.4, -0.2) is 17.0 Å². The fourth-order valence-electron chi connectivity index (χ4n) is 2.08. The van der Waals surface area contributed by atoms with Crippen molar-refractivity contribution >= 4 is 22.7 Å². The third-order valence-corrected chi connectivity index (χ3v) is 3.92. The molecule has 1 unspecified atom stereocenters. The minimum atomic E-state index is -1.36. The summed E-state index contributed by atoms with van der Waals surface area (Å²) in [4.78, 5) is 25.5. The van der Waals surface area contributed by atoms with Gasteiger partial charge < -0.3 is 15.7 Å². The molecule has 0 aliphatic carbocycles. The second kappa shape index (κ2) is 8.42. The van der Waals surface area contributed by atoms with Crippen molar-refractivity contribution in [1.29, 1.82) is 0 Å². The molecule has 0 fully saturated rings. The molecule has 0 spiro atoms. The van der Waals surface area contributed by atoms with Crippen LogP contribution < -0.4 is 11.6 Å². The van der Waals surface area contributed by atoms with E-state index in [0.29, 0.717) is 5.56 Å². The Morgan fingerprint density at radius 3 is 2.29 bits per heavy atom. The third kappa shape index (κ3) is 4.53. The van der Waals surface area contributed by atoms with E-state index in [1.54, 1.807) is 13.0 Å². The monoisotopic (exact) mass is 332 g/mol. The van der Waals surface area contributed by atoms with E-state index in [1.807, 2.05) is 43.3 Å². The zero-order valence-corrected chi connectivity index (χ0v) is 14.2. The molecule has 2 aromatic rings. The molecule has 0 bridgehead atoms. The van der Waals surface area contributed by atoms with Gasteiger partial charge in [0.2, 0.25) is 0 Å². The molecule has 24 heavy (non-hydrogen) atoms. The Morgan fingerprint density at radius 2 is 1.79 bits per heavy atom. The van der Waals surface area contributed by atoms with Gasteiger partial charge in [-0.25, -0.2) is 4.79 Å². The van der Waals surface area contributed by atoms with Crippen LogP contribution in [0.3, 0.4) is 0 Å². The summed E-state index contributed by atoms with van der Waals surface area (Å²) in [7, 11) is 0. The predicted molar refractivity (Wildman–Crippen MR) is 92.9 cm³/mol. The molecule has 2 aromatic carbocycles. The van der Waals surface area contributed by atoms with Gasteiger partial charge >= 0.3 is 11.9 Å². The van der Waals surface area contributed by atoms with E-state index in [1.165, 1.54) is 6.92 Å². The molecule has 5 N–H and O–H groups in total. The van der Waals surface area contributed by atoms with Gasteiger partial charge in [-0.15, -0.1) is 0 Å². The first-order valence-corrected chi connectivity index (χ1v) is 7.66. The Bertz CT molecular complexity index is 708. The number of aliphatic carboxylic acids is 1. The van der Waals surface area contributed by atoms with Crippen LogP contribution in [0.2, 0.25) is 0 Å². The molecule has 0 saturated heterocycles. The first-order valence-electron chi connectivity index (χ1n) is 7.66. The lowest BCUT2D eigenvalue weighted by molar-refractivity contribution is -0.148. The fraction of sp³-hybridized carbons (Fsp3) is 0.333. The number of rotatable bonds is 4. The van der Waals surface area contributed by atoms with Crippen molar-refractivity contribution in [3.8, 4) is 0 Å². The van der Waals surface area contributed by atoms with Gasteiger partial charge in [-0.05, 0) is 29.7 Å². The zero-order chi connectivity index (χ0) is 18.3. The van der Waals surface area contributed by atoms with Crippen molar-refractivity contribution in [3.63, 3.8) is 0 Å². The van der Waals surface area contributed by atoms with Gasteiger partial charge in [0.15, 0.2) is 0 Å². The van der Waals surface area contributed by atoms with Crippen molar-refractivity contribution in [2.24, 2.45) is 17.5 Å². The largest absolute Gasteiger partial charge is 0.480 e. The predicted octanol–water partition coefficient (Wildman–Crippen LogP) is 2.55. The Morgan fingerprint density at radius 1 is 1.21 bits per heavy atom. The van der Waals surface area contributed by atoms with Crippen molar-refractivity contribution in [2.45, 2.75) is 32.7 Å². The van der Waals surface area contributed by atoms with Crippen LogP contribution in [0.1, 0.15) is 32.8 Å². The summed E-state index contributed by atoms with van der Waals surface area (Å²) in [5.74, 6) is 3.17. The molecule has 6 nitrogen and oxygen atoms in total. The van der Waals surface area contributed by atoms with Crippen LogP contribution in [-0.2, 0) is 20.0 Å². The molecule has 2 atom stereocenters. The van der Waals surface area contributed by atoms with E-state index in [-0.39, 0.29) is 11.9 Å². The van der Waals surface area contributed by atoms with Crippen LogP contribution in [0.4, 0.5) is 0 Å². The van der Waals surface area contributed by atoms with Crippen LogP contribution in [0.5, 0.6) is 0 Å². The molecule has 0 radical (unpaired) electrons. The highest BCUT2D eigenvalue weighted by Crippen LogP contribution is 2.26. The number of carboxylic acid groups (broad SMARTS) is 1. The smallest absolute Gasteiger partial charge is 0.328 e. The summed E-state index contributed by atoms with van der Waals surface area (Å²) in [6.45, 7) is 5.19. The van der Waals surface area contributed by atoms with Gasteiger partial charge in [-0.2, -0.15) is 5.90 Å². The number of carbonyl (C=O) groups is 2. The maximum atomic E-state index is 11.1. The van der Waals surface area contributed by atoms with Crippen molar-refractivity contribution in [2.75, 3.05) is 0 Å². The number of fused-ring (bicyclic) bond motifs is 1. The Balaban J connectivity index is 0.000000307. The van der Waals surface area contributed by atoms with E-state index in [2.05, 4.69) is 10.7 Å². The number of nitrogens with two attached hydrogens (primary N) is 2. The highest BCUT2D eigenvalue weighted by Gasteiger charge is 2.31. The molecule has 2 rings (SSSR count). The van der Waals surface area contributed by atoms with Crippen molar-refractivity contribution in [3.05, 3.63) is 48.0 Å². The number of carbonyl (C=O) groups excluding carboxylic acids is 1. The average Bonchev–Trinajstić information content (AvgIpc) is 2.60. The first-order chi connectivity index (χ1) is 11.3. The maximum absolute atomic E-state index is 11.1. The van der Waals surface area contributed by atoms with Crippen molar-refractivity contribution < 1.29 is 19.5 Å². The normalized spacial score (nSPS) is 14.0. The van der Waals surface area contributed by atoms with Gasteiger partial charge in [0.1, 0.15) is 5.54 Å². The molecule has 130 valence electrons. The van der Waals surface area contributed by atoms with E-state index in [0.717, 1.165) is 17.2 Å². The van der Waals surface area contributed by atoms with E-state index < -0.39 is 11.5 Å². The van der Waals surface area contributed by atoms with Gasteiger partial charge in [0.05, 0.1) is 5.92 Å². The average molecular weight is 332 g/mol. The Labute approximate surface area is 141 Å². The highest BCUT2D eigenvalue weighted by molar-refractivity contribution is 5.92. The third-order valence-electron chi connectivity index (χ3n) is 3.92. The number of benzene rings is 2. The molecule has 0 aliphatic rings. The second-order valence-corrected chi connectivity index (χ2v) is 5.78. The lowest BCUT2D eigenvalue weighted by Gasteiger charge is -2.21. The first kappa shape index (κ1) is 19.6. The summed E-state index contributed by atoms with van der Waals surface area (Å²) in [5, 5.41) is 11.0. The fourth-order valence-corrected chi connectivity index (χ4v) is 2.08. The minimum Gasteiger partial charge on any atom is -0.480 e. The lowest BCUT2D eigenvalue weighted by Crippen LogP contribution is -2.41. The molecular weight excluding hydrogens is 308 g/mol. The molecular formula is C18H24N2O4. The molecule has 6 heteroatoms. The Hall–Kier alpha value is -2.44. The van der Waals surface area contributed by atoms with Crippen LogP contribution in [0.15, 0.2) is 42.5 Å². The van der Waals surface area contributed by atoms with E-state index in [9.17, 15) is 9.59 Å².